The molecule has 0 aliphatic heterocycles. The summed E-state index contributed by atoms with van der Waals surface area (Å²) in [5.74, 6) is 0.317. The van der Waals surface area contributed by atoms with Gasteiger partial charge in [-0.1, -0.05) is 0 Å². The molecule has 0 unspecified atom stereocenters. The molecule has 0 bridgehead atoms. The van der Waals surface area contributed by atoms with Crippen molar-refractivity contribution in [3.8, 4) is 0 Å². The first-order valence-corrected chi connectivity index (χ1v) is 5.65. The van der Waals surface area contributed by atoms with Gasteiger partial charge >= 0.3 is 5.69 Å². The van der Waals surface area contributed by atoms with E-state index in [1.165, 1.54) is 12.5 Å². The molecule has 2 aromatic heterocycles. The monoisotopic (exact) mass is 264 g/mol. The Labute approximate surface area is 106 Å². The van der Waals surface area contributed by atoms with Gasteiger partial charge in [0.25, 0.3) is 0 Å². The Kier molecular flexibility index (Phi) is 3.63. The highest BCUT2D eigenvalue weighted by molar-refractivity contribution is 7.99. The average Bonchev–Trinajstić information content (AvgIpc) is 2.39. The van der Waals surface area contributed by atoms with Crippen LogP contribution in [0, 0.1) is 10.1 Å². The number of nitrogens with zero attached hydrogens (tertiary/aromatic N) is 5. The summed E-state index contributed by atoms with van der Waals surface area (Å²) < 4.78 is 0. The van der Waals surface area contributed by atoms with Gasteiger partial charge in [-0.15, -0.1) is 0 Å². The number of nitrogens with one attached hydrogen (secondary N) is 1. The fourth-order valence-electron chi connectivity index (χ4n) is 1.12. The number of hydrogen-bond donors (Lipinski definition) is 1. The number of hydrogen-bond acceptors (Lipinski definition) is 8. The molecule has 8 nitrogen and oxygen atoms in total. The van der Waals surface area contributed by atoms with Crippen LogP contribution in [0.2, 0.25) is 0 Å². The van der Waals surface area contributed by atoms with Crippen LogP contribution in [0.15, 0.2) is 34.8 Å². The van der Waals surface area contributed by atoms with Crippen molar-refractivity contribution >= 4 is 23.4 Å². The SMILES string of the molecule is CNc1ncc([N+](=O)[O-])c(Sc2ccncn2)n1. The van der Waals surface area contributed by atoms with Crippen LogP contribution in [0.5, 0.6) is 0 Å². The molecule has 2 rings (SSSR count). The lowest BCUT2D eigenvalue weighted by Gasteiger charge is -2.03. The lowest BCUT2D eigenvalue weighted by Crippen LogP contribution is -2.01. The molecule has 2 heterocycles. The van der Waals surface area contributed by atoms with Gasteiger partial charge in [-0.3, -0.25) is 10.1 Å². The van der Waals surface area contributed by atoms with Gasteiger partial charge in [0.15, 0.2) is 5.03 Å². The molecule has 0 fully saturated rings. The van der Waals surface area contributed by atoms with Crippen molar-refractivity contribution in [1.29, 1.82) is 0 Å². The molecule has 1 N–H and O–H groups in total. The standard InChI is InChI=1S/C9H8N6O2S/c1-10-9-12-4-6(15(16)17)8(14-9)18-7-2-3-11-5-13-7/h2-5H,1H3,(H,10,12,14). The Morgan fingerprint density at radius 1 is 1.44 bits per heavy atom. The second-order valence-corrected chi connectivity index (χ2v) is 4.05. The summed E-state index contributed by atoms with van der Waals surface area (Å²) in [6, 6.07) is 1.65. The molecule has 9 heteroatoms. The molecule has 0 saturated carbocycles. The summed E-state index contributed by atoms with van der Waals surface area (Å²) in [6.07, 6.45) is 4.10. The van der Waals surface area contributed by atoms with Crippen molar-refractivity contribution in [1.82, 2.24) is 19.9 Å². The van der Waals surface area contributed by atoms with Gasteiger partial charge in [0.05, 0.1) is 4.92 Å². The van der Waals surface area contributed by atoms with E-state index in [-0.39, 0.29) is 10.7 Å². The number of nitro groups is 1. The predicted molar refractivity (Wildman–Crippen MR) is 64.4 cm³/mol. The van der Waals surface area contributed by atoms with Crippen LogP contribution in [-0.2, 0) is 0 Å². The van der Waals surface area contributed by atoms with E-state index in [4.69, 9.17) is 0 Å². The van der Waals surface area contributed by atoms with E-state index in [9.17, 15) is 10.1 Å². The van der Waals surface area contributed by atoms with Crippen LogP contribution in [0.4, 0.5) is 11.6 Å². The Hall–Kier alpha value is -2.29. The first kappa shape index (κ1) is 12.2. The molecule has 0 radical (unpaired) electrons. The summed E-state index contributed by atoms with van der Waals surface area (Å²) >= 11 is 1.09. The quantitative estimate of drug-likeness (QED) is 0.501. The van der Waals surface area contributed by atoms with Gasteiger partial charge in [0.1, 0.15) is 17.6 Å². The van der Waals surface area contributed by atoms with Gasteiger partial charge in [-0.25, -0.2) is 15.0 Å². The Morgan fingerprint density at radius 2 is 2.28 bits per heavy atom. The zero-order valence-corrected chi connectivity index (χ0v) is 10.1. The first-order chi connectivity index (χ1) is 8.70. The molecule has 0 aromatic carbocycles. The maximum absolute atomic E-state index is 10.9. The van der Waals surface area contributed by atoms with E-state index in [2.05, 4.69) is 25.3 Å². The van der Waals surface area contributed by atoms with Crippen LogP contribution in [0.1, 0.15) is 0 Å². The smallest absolute Gasteiger partial charge is 0.320 e. The second-order valence-electron chi connectivity index (χ2n) is 3.04. The predicted octanol–water partition coefficient (Wildman–Crippen LogP) is 1.37. The molecule has 0 amide bonds. The van der Waals surface area contributed by atoms with Crippen LogP contribution >= 0.6 is 11.8 Å². The van der Waals surface area contributed by atoms with Gasteiger partial charge < -0.3 is 5.32 Å². The lowest BCUT2D eigenvalue weighted by atomic mass is 10.5. The zero-order valence-electron chi connectivity index (χ0n) is 9.27. The Morgan fingerprint density at radius 3 is 2.89 bits per heavy atom. The molecule has 0 spiro atoms. The number of anilines is 1. The minimum Gasteiger partial charge on any atom is -0.357 e. The van der Waals surface area contributed by atoms with Gasteiger partial charge in [0.2, 0.25) is 5.95 Å². The molecule has 0 atom stereocenters. The molecule has 0 saturated heterocycles. The van der Waals surface area contributed by atoms with E-state index in [0.29, 0.717) is 11.0 Å². The maximum Gasteiger partial charge on any atom is 0.320 e. The molecule has 2 aromatic rings. The molecule has 0 aliphatic carbocycles. The molecule has 0 aliphatic rings. The van der Waals surface area contributed by atoms with Crippen LogP contribution in [-0.4, -0.2) is 31.9 Å². The van der Waals surface area contributed by atoms with Gasteiger partial charge in [-0.2, -0.15) is 4.98 Å². The van der Waals surface area contributed by atoms with Crippen molar-refractivity contribution in [3.63, 3.8) is 0 Å². The molecular formula is C9H8N6O2S. The summed E-state index contributed by atoms with van der Waals surface area (Å²) in [6.45, 7) is 0. The summed E-state index contributed by atoms with van der Waals surface area (Å²) in [7, 11) is 1.64. The highest BCUT2D eigenvalue weighted by Crippen LogP contribution is 2.31. The van der Waals surface area contributed by atoms with Crippen molar-refractivity contribution in [2.75, 3.05) is 12.4 Å². The molecule has 18 heavy (non-hydrogen) atoms. The van der Waals surface area contributed by atoms with E-state index >= 15 is 0 Å². The highest BCUT2D eigenvalue weighted by Gasteiger charge is 2.18. The normalized spacial score (nSPS) is 10.1. The fourth-order valence-corrected chi connectivity index (χ4v) is 1.91. The average molecular weight is 264 g/mol. The fraction of sp³-hybridized carbons (Fsp3) is 0.111. The largest absolute Gasteiger partial charge is 0.357 e. The number of rotatable bonds is 4. The van der Waals surface area contributed by atoms with Gasteiger partial charge in [-0.05, 0) is 17.8 Å². The summed E-state index contributed by atoms with van der Waals surface area (Å²) in [5.41, 5.74) is -0.155. The third kappa shape index (κ3) is 2.69. The molecule has 92 valence electrons. The van der Waals surface area contributed by atoms with Crippen molar-refractivity contribution in [2.24, 2.45) is 0 Å². The van der Waals surface area contributed by atoms with Crippen molar-refractivity contribution in [3.05, 3.63) is 34.9 Å². The van der Waals surface area contributed by atoms with E-state index < -0.39 is 4.92 Å². The maximum atomic E-state index is 10.9. The highest BCUT2D eigenvalue weighted by atomic mass is 32.2. The zero-order chi connectivity index (χ0) is 13.0. The summed E-state index contributed by atoms with van der Waals surface area (Å²) in [5, 5.41) is 14.4. The van der Waals surface area contributed by atoms with E-state index in [0.717, 1.165) is 11.8 Å². The Bertz CT molecular complexity index is 564. The third-order valence-electron chi connectivity index (χ3n) is 1.91. The van der Waals surface area contributed by atoms with Crippen molar-refractivity contribution < 1.29 is 4.92 Å². The van der Waals surface area contributed by atoms with Crippen molar-refractivity contribution in [2.45, 2.75) is 10.1 Å². The van der Waals surface area contributed by atoms with Crippen LogP contribution < -0.4 is 5.32 Å². The minimum atomic E-state index is -0.525. The summed E-state index contributed by atoms with van der Waals surface area (Å²) in [4.78, 5) is 26.0. The second kappa shape index (κ2) is 5.36. The number of aromatic nitrogens is 4. The first-order valence-electron chi connectivity index (χ1n) is 4.83. The van der Waals surface area contributed by atoms with Crippen LogP contribution in [0.25, 0.3) is 0 Å². The Balaban J connectivity index is 2.38. The molecular weight excluding hydrogens is 256 g/mol. The third-order valence-corrected chi connectivity index (χ3v) is 2.86. The van der Waals surface area contributed by atoms with E-state index in [1.807, 2.05) is 0 Å². The van der Waals surface area contributed by atoms with E-state index in [1.54, 1.807) is 19.3 Å². The minimum absolute atomic E-state index is 0.155. The van der Waals surface area contributed by atoms with Crippen LogP contribution in [0.3, 0.4) is 0 Å². The topological polar surface area (TPSA) is 107 Å². The van der Waals surface area contributed by atoms with Gasteiger partial charge in [0, 0.05) is 13.2 Å². The lowest BCUT2D eigenvalue weighted by molar-refractivity contribution is -0.388.